The Labute approximate surface area is 98.8 Å². The molecule has 0 saturated carbocycles. The van der Waals surface area contributed by atoms with Gasteiger partial charge in [-0.05, 0) is 18.4 Å². The fraction of sp³-hybridized carbons (Fsp3) is 0.273. The quantitative estimate of drug-likeness (QED) is 0.885. The molecule has 2 aromatic rings. The molecule has 0 bridgehead atoms. The van der Waals surface area contributed by atoms with Crippen molar-refractivity contribution < 1.29 is 0 Å². The standard InChI is InChI=1S/C11H14N4S/c1-8(10-4-3-5-16-10)15(2)11-9(12)6-13-7-14-11/h3-8H,12H2,1-2H3. The summed E-state index contributed by atoms with van der Waals surface area (Å²) in [6.45, 7) is 2.13. The van der Waals surface area contributed by atoms with Crippen molar-refractivity contribution >= 4 is 22.8 Å². The molecule has 2 heterocycles. The van der Waals surface area contributed by atoms with Gasteiger partial charge in [0, 0.05) is 11.9 Å². The van der Waals surface area contributed by atoms with Gasteiger partial charge in [-0.25, -0.2) is 9.97 Å². The first-order chi connectivity index (χ1) is 7.70. The third-order valence-electron chi connectivity index (χ3n) is 2.59. The summed E-state index contributed by atoms with van der Waals surface area (Å²) in [5.41, 5.74) is 6.45. The van der Waals surface area contributed by atoms with Crippen LogP contribution in [0.4, 0.5) is 11.5 Å². The minimum Gasteiger partial charge on any atom is -0.394 e. The molecule has 2 rings (SSSR count). The molecule has 2 N–H and O–H groups in total. The maximum atomic E-state index is 5.85. The molecule has 0 amide bonds. The molecule has 1 atom stereocenters. The molecule has 0 saturated heterocycles. The number of aromatic nitrogens is 2. The molecular formula is C11H14N4S. The highest BCUT2D eigenvalue weighted by molar-refractivity contribution is 7.10. The van der Waals surface area contributed by atoms with E-state index >= 15 is 0 Å². The van der Waals surface area contributed by atoms with E-state index in [0.29, 0.717) is 5.69 Å². The van der Waals surface area contributed by atoms with Crippen LogP contribution in [0.2, 0.25) is 0 Å². The van der Waals surface area contributed by atoms with E-state index < -0.39 is 0 Å². The lowest BCUT2D eigenvalue weighted by atomic mass is 10.2. The van der Waals surface area contributed by atoms with Gasteiger partial charge in [0.25, 0.3) is 0 Å². The van der Waals surface area contributed by atoms with Gasteiger partial charge in [-0.2, -0.15) is 0 Å². The van der Waals surface area contributed by atoms with Crippen LogP contribution in [0.15, 0.2) is 30.0 Å². The average Bonchev–Trinajstić information content (AvgIpc) is 2.81. The second kappa shape index (κ2) is 4.49. The maximum Gasteiger partial charge on any atom is 0.155 e. The van der Waals surface area contributed by atoms with Gasteiger partial charge in [0.05, 0.1) is 17.9 Å². The molecule has 4 nitrogen and oxygen atoms in total. The second-order valence-electron chi connectivity index (χ2n) is 3.60. The van der Waals surface area contributed by atoms with E-state index in [1.807, 2.05) is 13.1 Å². The lowest BCUT2D eigenvalue weighted by Crippen LogP contribution is -2.23. The maximum absolute atomic E-state index is 5.85. The van der Waals surface area contributed by atoms with Crippen LogP contribution in [0.5, 0.6) is 0 Å². The lowest BCUT2D eigenvalue weighted by molar-refractivity contribution is 0.741. The van der Waals surface area contributed by atoms with E-state index in [-0.39, 0.29) is 6.04 Å². The molecular weight excluding hydrogens is 220 g/mol. The van der Waals surface area contributed by atoms with Crippen molar-refractivity contribution in [2.45, 2.75) is 13.0 Å². The summed E-state index contributed by atoms with van der Waals surface area (Å²) in [5.74, 6) is 0.774. The summed E-state index contributed by atoms with van der Waals surface area (Å²) in [4.78, 5) is 11.4. The van der Waals surface area contributed by atoms with Crippen molar-refractivity contribution in [1.82, 2.24) is 9.97 Å². The Morgan fingerprint density at radius 1 is 1.50 bits per heavy atom. The number of nitrogens with zero attached hydrogens (tertiary/aromatic N) is 3. The van der Waals surface area contributed by atoms with E-state index in [1.165, 1.54) is 11.2 Å². The second-order valence-corrected chi connectivity index (χ2v) is 4.58. The highest BCUT2D eigenvalue weighted by Crippen LogP contribution is 2.29. The number of hydrogen-bond acceptors (Lipinski definition) is 5. The van der Waals surface area contributed by atoms with Crippen molar-refractivity contribution in [2.24, 2.45) is 0 Å². The van der Waals surface area contributed by atoms with E-state index in [2.05, 4.69) is 33.2 Å². The smallest absolute Gasteiger partial charge is 0.155 e. The van der Waals surface area contributed by atoms with E-state index in [9.17, 15) is 0 Å². The number of hydrogen-bond donors (Lipinski definition) is 1. The summed E-state index contributed by atoms with van der Waals surface area (Å²) in [5, 5.41) is 2.07. The molecule has 0 aliphatic carbocycles. The van der Waals surface area contributed by atoms with Crippen LogP contribution in [-0.2, 0) is 0 Å². The van der Waals surface area contributed by atoms with Gasteiger partial charge < -0.3 is 10.6 Å². The molecule has 0 aliphatic rings. The normalized spacial score (nSPS) is 12.4. The van der Waals surface area contributed by atoms with Gasteiger partial charge in [0.1, 0.15) is 6.33 Å². The number of rotatable bonds is 3. The molecule has 1 unspecified atom stereocenters. The molecule has 0 spiro atoms. The van der Waals surface area contributed by atoms with Crippen LogP contribution >= 0.6 is 11.3 Å². The molecule has 0 aromatic carbocycles. The average molecular weight is 234 g/mol. The van der Waals surface area contributed by atoms with Crippen LogP contribution in [-0.4, -0.2) is 17.0 Å². The predicted octanol–water partition coefficient (Wildman–Crippen LogP) is 2.32. The Balaban J connectivity index is 2.26. The van der Waals surface area contributed by atoms with Gasteiger partial charge >= 0.3 is 0 Å². The van der Waals surface area contributed by atoms with Crippen molar-refractivity contribution in [1.29, 1.82) is 0 Å². The van der Waals surface area contributed by atoms with Crippen molar-refractivity contribution in [2.75, 3.05) is 17.7 Å². The fourth-order valence-corrected chi connectivity index (χ4v) is 2.36. The molecule has 16 heavy (non-hydrogen) atoms. The van der Waals surface area contributed by atoms with Crippen LogP contribution in [0, 0.1) is 0 Å². The van der Waals surface area contributed by atoms with Crippen molar-refractivity contribution in [3.05, 3.63) is 34.9 Å². The van der Waals surface area contributed by atoms with Gasteiger partial charge in [-0.3, -0.25) is 0 Å². The molecule has 0 aliphatic heterocycles. The number of nitrogen functional groups attached to an aromatic ring is 1. The fourth-order valence-electron chi connectivity index (χ4n) is 1.53. The van der Waals surface area contributed by atoms with E-state index in [4.69, 9.17) is 5.73 Å². The van der Waals surface area contributed by atoms with Crippen LogP contribution in [0.3, 0.4) is 0 Å². The minimum atomic E-state index is 0.261. The molecule has 5 heteroatoms. The molecule has 0 radical (unpaired) electrons. The first-order valence-electron chi connectivity index (χ1n) is 5.02. The first kappa shape index (κ1) is 10.9. The SMILES string of the molecule is CC(c1cccs1)N(C)c1ncncc1N. The van der Waals surface area contributed by atoms with Crippen LogP contribution in [0.25, 0.3) is 0 Å². The Hall–Kier alpha value is -1.62. The summed E-state index contributed by atoms with van der Waals surface area (Å²) in [6, 6.07) is 4.42. The third-order valence-corrected chi connectivity index (χ3v) is 3.63. The summed E-state index contributed by atoms with van der Waals surface area (Å²) < 4.78 is 0. The largest absolute Gasteiger partial charge is 0.394 e. The van der Waals surface area contributed by atoms with Crippen LogP contribution in [0.1, 0.15) is 17.8 Å². The number of thiophene rings is 1. The third kappa shape index (κ3) is 1.99. The van der Waals surface area contributed by atoms with Gasteiger partial charge in [0.2, 0.25) is 0 Å². The number of anilines is 2. The highest BCUT2D eigenvalue weighted by Gasteiger charge is 2.16. The zero-order valence-electron chi connectivity index (χ0n) is 9.29. The zero-order valence-corrected chi connectivity index (χ0v) is 10.1. The summed E-state index contributed by atoms with van der Waals surface area (Å²) >= 11 is 1.73. The van der Waals surface area contributed by atoms with Crippen molar-refractivity contribution in [3.63, 3.8) is 0 Å². The first-order valence-corrected chi connectivity index (χ1v) is 5.90. The monoisotopic (exact) mass is 234 g/mol. The van der Waals surface area contributed by atoms with Gasteiger partial charge in [-0.1, -0.05) is 6.07 Å². The number of nitrogens with two attached hydrogens (primary N) is 1. The van der Waals surface area contributed by atoms with Crippen molar-refractivity contribution in [3.8, 4) is 0 Å². The lowest BCUT2D eigenvalue weighted by Gasteiger charge is -2.25. The molecule has 84 valence electrons. The Bertz CT molecular complexity index is 455. The summed E-state index contributed by atoms with van der Waals surface area (Å²) in [7, 11) is 1.99. The Morgan fingerprint density at radius 2 is 2.31 bits per heavy atom. The highest BCUT2D eigenvalue weighted by atomic mass is 32.1. The van der Waals surface area contributed by atoms with Crippen LogP contribution < -0.4 is 10.6 Å². The molecule has 0 fully saturated rings. The van der Waals surface area contributed by atoms with E-state index in [1.54, 1.807) is 17.5 Å². The predicted molar refractivity (Wildman–Crippen MR) is 67.6 cm³/mol. The zero-order chi connectivity index (χ0) is 11.5. The Morgan fingerprint density at radius 3 is 2.94 bits per heavy atom. The summed E-state index contributed by atoms with van der Waals surface area (Å²) in [6.07, 6.45) is 3.14. The van der Waals surface area contributed by atoms with Gasteiger partial charge in [0.15, 0.2) is 5.82 Å². The molecule has 2 aromatic heterocycles. The van der Waals surface area contributed by atoms with Gasteiger partial charge in [-0.15, -0.1) is 11.3 Å². The minimum absolute atomic E-state index is 0.261. The Kier molecular flexibility index (Phi) is 3.05. The van der Waals surface area contributed by atoms with E-state index in [0.717, 1.165) is 5.82 Å². The topological polar surface area (TPSA) is 55.0 Å².